The van der Waals surface area contributed by atoms with Crippen molar-refractivity contribution in [3.8, 4) is 0 Å². The van der Waals surface area contributed by atoms with Crippen molar-refractivity contribution in [2.24, 2.45) is 5.73 Å². The zero-order valence-corrected chi connectivity index (χ0v) is 14.3. The van der Waals surface area contributed by atoms with Crippen LogP contribution in [0.1, 0.15) is 24.0 Å². The molecule has 1 aromatic rings. The molecule has 1 aromatic carbocycles. The quantitative estimate of drug-likeness (QED) is 0.816. The van der Waals surface area contributed by atoms with Gasteiger partial charge in [-0.25, -0.2) is 0 Å². The summed E-state index contributed by atoms with van der Waals surface area (Å²) in [6.07, 6.45) is 2.78. The second kappa shape index (κ2) is 7.51. The van der Waals surface area contributed by atoms with E-state index in [9.17, 15) is 4.79 Å². The van der Waals surface area contributed by atoms with Gasteiger partial charge in [0.1, 0.15) is 0 Å². The number of amides is 1. The Labute approximate surface area is 143 Å². The fourth-order valence-corrected chi connectivity index (χ4v) is 3.54. The molecule has 3 rings (SSSR count). The van der Waals surface area contributed by atoms with Crippen molar-refractivity contribution in [3.05, 3.63) is 29.3 Å². The lowest BCUT2D eigenvalue weighted by atomic mass is 9.93. The van der Waals surface area contributed by atoms with E-state index in [1.807, 2.05) is 0 Å². The molecule has 0 bridgehead atoms. The van der Waals surface area contributed by atoms with E-state index in [1.165, 1.54) is 11.1 Å². The van der Waals surface area contributed by atoms with Crippen molar-refractivity contribution < 1.29 is 14.3 Å². The minimum Gasteiger partial charge on any atom is -0.382 e. The highest BCUT2D eigenvalue weighted by Crippen LogP contribution is 2.27. The summed E-state index contributed by atoms with van der Waals surface area (Å²) >= 11 is 0. The third-order valence-electron chi connectivity index (χ3n) is 5.13. The van der Waals surface area contributed by atoms with Crippen molar-refractivity contribution >= 4 is 11.6 Å². The van der Waals surface area contributed by atoms with Crippen LogP contribution in [0.2, 0.25) is 0 Å². The number of nitrogens with one attached hydrogen (secondary N) is 1. The minimum atomic E-state index is -0.269. The van der Waals surface area contributed by atoms with Gasteiger partial charge in [-0.3, -0.25) is 9.69 Å². The van der Waals surface area contributed by atoms with Crippen LogP contribution in [-0.2, 0) is 27.2 Å². The topological polar surface area (TPSA) is 76.8 Å². The Morgan fingerprint density at radius 1 is 1.38 bits per heavy atom. The summed E-state index contributed by atoms with van der Waals surface area (Å²) in [6, 6.07) is 6.50. The number of anilines is 1. The number of fused-ring (bicyclic) bond motifs is 1. The lowest BCUT2D eigenvalue weighted by Gasteiger charge is -2.36. The first kappa shape index (κ1) is 17.2. The average Bonchev–Trinajstić information content (AvgIpc) is 2.60. The molecule has 132 valence electrons. The summed E-state index contributed by atoms with van der Waals surface area (Å²) in [5, 5.41) is 3.52. The van der Waals surface area contributed by atoms with E-state index in [-0.39, 0.29) is 11.5 Å². The van der Waals surface area contributed by atoms with Gasteiger partial charge in [-0.1, -0.05) is 6.07 Å². The van der Waals surface area contributed by atoms with E-state index in [4.69, 9.17) is 15.2 Å². The molecule has 0 unspecified atom stereocenters. The summed E-state index contributed by atoms with van der Waals surface area (Å²) in [6.45, 7) is 4.26. The monoisotopic (exact) mass is 333 g/mol. The molecule has 6 heteroatoms. The van der Waals surface area contributed by atoms with E-state index in [0.29, 0.717) is 6.54 Å². The van der Waals surface area contributed by atoms with Gasteiger partial charge in [0.05, 0.1) is 12.1 Å². The Bertz CT molecular complexity index is 585. The number of carbonyl (C=O) groups excluding carboxylic acids is 1. The molecular formula is C18H27N3O3. The molecule has 0 spiro atoms. The molecule has 0 aromatic heterocycles. The number of carbonyl (C=O) groups is 1. The van der Waals surface area contributed by atoms with Crippen LogP contribution in [0.25, 0.3) is 0 Å². The third kappa shape index (κ3) is 4.06. The molecule has 0 aliphatic carbocycles. The van der Waals surface area contributed by atoms with Crippen LogP contribution < -0.4 is 11.1 Å². The van der Waals surface area contributed by atoms with E-state index in [1.54, 1.807) is 7.11 Å². The van der Waals surface area contributed by atoms with Crippen LogP contribution in [0.3, 0.4) is 0 Å². The van der Waals surface area contributed by atoms with E-state index < -0.39 is 0 Å². The summed E-state index contributed by atoms with van der Waals surface area (Å²) in [5.41, 5.74) is 8.89. The van der Waals surface area contributed by atoms with Gasteiger partial charge in [-0.05, 0) is 29.7 Å². The zero-order valence-electron chi connectivity index (χ0n) is 14.3. The van der Waals surface area contributed by atoms with Gasteiger partial charge in [0.2, 0.25) is 5.91 Å². The number of primary amides is 1. The minimum absolute atomic E-state index is 0.147. The third-order valence-corrected chi connectivity index (χ3v) is 5.13. The van der Waals surface area contributed by atoms with Crippen LogP contribution in [0.4, 0.5) is 5.69 Å². The molecule has 0 atom stereocenters. The summed E-state index contributed by atoms with van der Waals surface area (Å²) in [7, 11) is 1.78. The Morgan fingerprint density at radius 2 is 2.17 bits per heavy atom. The summed E-state index contributed by atoms with van der Waals surface area (Å²) in [4.78, 5) is 13.2. The first-order valence-electron chi connectivity index (χ1n) is 8.59. The molecule has 1 amide bonds. The fraction of sp³-hybridized carbons (Fsp3) is 0.611. The molecule has 3 N–H and O–H groups in total. The predicted molar refractivity (Wildman–Crippen MR) is 92.9 cm³/mol. The van der Waals surface area contributed by atoms with Crippen LogP contribution in [-0.4, -0.2) is 56.4 Å². The van der Waals surface area contributed by atoms with Gasteiger partial charge >= 0.3 is 0 Å². The maximum atomic E-state index is 11.1. The molecule has 2 heterocycles. The van der Waals surface area contributed by atoms with Gasteiger partial charge < -0.3 is 20.5 Å². The van der Waals surface area contributed by atoms with Crippen LogP contribution >= 0.6 is 0 Å². The maximum Gasteiger partial charge on any atom is 0.231 e. The summed E-state index contributed by atoms with van der Waals surface area (Å²) < 4.78 is 11.2. The Morgan fingerprint density at radius 3 is 2.88 bits per heavy atom. The Kier molecular flexibility index (Phi) is 5.38. The first-order valence-corrected chi connectivity index (χ1v) is 8.59. The molecular weight excluding hydrogens is 306 g/mol. The molecule has 1 fully saturated rings. The van der Waals surface area contributed by atoms with Crippen LogP contribution in [0, 0.1) is 0 Å². The fourth-order valence-electron chi connectivity index (χ4n) is 3.54. The number of rotatable bonds is 6. The zero-order chi connectivity index (χ0) is 17.0. The lowest BCUT2D eigenvalue weighted by molar-refractivity contribution is -0.119. The molecule has 0 radical (unpaired) electrons. The van der Waals surface area contributed by atoms with Crippen molar-refractivity contribution in [2.45, 2.75) is 31.4 Å². The van der Waals surface area contributed by atoms with Crippen molar-refractivity contribution in [1.82, 2.24) is 4.90 Å². The van der Waals surface area contributed by atoms with Gasteiger partial charge in [-0.15, -0.1) is 0 Å². The molecule has 2 aliphatic heterocycles. The highest BCUT2D eigenvalue weighted by Gasteiger charge is 2.32. The van der Waals surface area contributed by atoms with E-state index >= 15 is 0 Å². The molecule has 2 aliphatic rings. The number of nitrogens with two attached hydrogens (primary N) is 1. The van der Waals surface area contributed by atoms with E-state index in [2.05, 4.69) is 28.4 Å². The molecule has 1 saturated heterocycles. The van der Waals surface area contributed by atoms with E-state index in [0.717, 1.165) is 57.8 Å². The molecule has 0 saturated carbocycles. The standard InChI is InChI=1S/C18H27N3O3/c1-23-18(5-8-24-9-6-18)13-20-16-3-2-14-4-7-21(12-17(19)22)11-15(14)10-16/h2-3,10,20H,4-9,11-13H2,1H3,(H2,19,22). The second-order valence-electron chi connectivity index (χ2n) is 6.76. The first-order chi connectivity index (χ1) is 11.6. The predicted octanol–water partition coefficient (Wildman–Crippen LogP) is 1.14. The smallest absolute Gasteiger partial charge is 0.231 e. The molecule has 24 heavy (non-hydrogen) atoms. The van der Waals surface area contributed by atoms with Crippen molar-refractivity contribution in [2.75, 3.05) is 45.3 Å². The average molecular weight is 333 g/mol. The van der Waals surface area contributed by atoms with Gasteiger partial charge in [0.15, 0.2) is 0 Å². The lowest BCUT2D eigenvalue weighted by Crippen LogP contribution is -2.44. The van der Waals surface area contributed by atoms with Gasteiger partial charge in [-0.2, -0.15) is 0 Å². The SMILES string of the molecule is COC1(CNc2ccc3c(c2)CN(CC(N)=O)CC3)CCOCC1. The second-order valence-corrected chi connectivity index (χ2v) is 6.76. The molecule has 6 nitrogen and oxygen atoms in total. The van der Waals surface area contributed by atoms with Crippen molar-refractivity contribution in [1.29, 1.82) is 0 Å². The number of ether oxygens (including phenoxy) is 2. The Balaban J connectivity index is 1.64. The number of methoxy groups -OCH3 is 1. The number of benzene rings is 1. The number of nitrogens with zero attached hydrogens (tertiary/aromatic N) is 1. The number of hydrogen-bond acceptors (Lipinski definition) is 5. The van der Waals surface area contributed by atoms with Crippen LogP contribution in [0.15, 0.2) is 18.2 Å². The summed E-state index contributed by atoms with van der Waals surface area (Å²) in [5.74, 6) is -0.269. The Hall–Kier alpha value is -1.63. The normalized spacial score (nSPS) is 20.4. The van der Waals surface area contributed by atoms with Crippen molar-refractivity contribution in [3.63, 3.8) is 0 Å². The van der Waals surface area contributed by atoms with Crippen LogP contribution in [0.5, 0.6) is 0 Å². The highest BCUT2D eigenvalue weighted by molar-refractivity contribution is 5.76. The maximum absolute atomic E-state index is 11.1. The van der Waals surface area contributed by atoms with Gasteiger partial charge in [0, 0.05) is 58.5 Å². The van der Waals surface area contributed by atoms with Gasteiger partial charge in [0.25, 0.3) is 0 Å². The number of hydrogen-bond donors (Lipinski definition) is 2. The highest BCUT2D eigenvalue weighted by atomic mass is 16.5. The largest absolute Gasteiger partial charge is 0.382 e.